The van der Waals surface area contributed by atoms with E-state index in [9.17, 15) is 0 Å². The fraction of sp³-hybridized carbons (Fsp3) is 0.600. The van der Waals surface area contributed by atoms with E-state index >= 15 is 0 Å². The number of hydrogen-bond donors (Lipinski definition) is 1. The van der Waals surface area contributed by atoms with Crippen LogP contribution in [0.2, 0.25) is 0 Å². The molecule has 3 rings (SSSR count). The number of nitrogens with two attached hydrogens (primary N) is 1. The molecule has 5 atom stereocenters. The summed E-state index contributed by atoms with van der Waals surface area (Å²) >= 11 is 4.20. The molecule has 18 heavy (non-hydrogen) atoms. The van der Waals surface area contributed by atoms with Crippen LogP contribution in [0.3, 0.4) is 0 Å². The van der Waals surface area contributed by atoms with Crippen molar-refractivity contribution in [1.82, 2.24) is 0 Å². The van der Waals surface area contributed by atoms with Gasteiger partial charge in [-0.1, -0.05) is 37.3 Å². The van der Waals surface area contributed by atoms with Crippen molar-refractivity contribution in [3.63, 3.8) is 0 Å². The summed E-state index contributed by atoms with van der Waals surface area (Å²) in [5.74, 6) is 4.00. The Bertz CT molecular complexity index is 395. The number of rotatable bonds is 3. The molecular weight excluding hydrogens is 258 g/mol. The monoisotopic (exact) mass is 279 g/mol. The minimum Gasteiger partial charge on any atom is -0.326 e. The van der Waals surface area contributed by atoms with Crippen molar-refractivity contribution in [2.45, 2.75) is 35.8 Å². The predicted octanol–water partition coefficient (Wildman–Crippen LogP) is 3.35. The molecular formula is C15H21NS2. The first-order valence-corrected chi connectivity index (χ1v) is 8.91. The second-order valence-corrected chi connectivity index (χ2v) is 8.18. The molecule has 1 aromatic carbocycles. The van der Waals surface area contributed by atoms with Gasteiger partial charge in [0, 0.05) is 28.0 Å². The van der Waals surface area contributed by atoms with Gasteiger partial charge < -0.3 is 5.73 Å². The molecule has 2 aliphatic rings. The minimum atomic E-state index is 0.378. The minimum absolute atomic E-state index is 0.378. The summed E-state index contributed by atoms with van der Waals surface area (Å²) in [6.45, 7) is 2.35. The van der Waals surface area contributed by atoms with Crippen molar-refractivity contribution in [3.8, 4) is 0 Å². The molecule has 0 bridgehead atoms. The van der Waals surface area contributed by atoms with Crippen LogP contribution >= 0.6 is 23.5 Å². The van der Waals surface area contributed by atoms with Crippen LogP contribution in [0, 0.1) is 5.92 Å². The van der Waals surface area contributed by atoms with E-state index in [0.717, 1.165) is 11.2 Å². The number of hydrogen-bond acceptors (Lipinski definition) is 3. The molecule has 0 radical (unpaired) electrons. The predicted molar refractivity (Wildman–Crippen MR) is 83.4 cm³/mol. The van der Waals surface area contributed by atoms with E-state index in [-0.39, 0.29) is 0 Å². The summed E-state index contributed by atoms with van der Waals surface area (Å²) in [4.78, 5) is 0. The van der Waals surface area contributed by atoms with Gasteiger partial charge in [-0.15, -0.1) is 0 Å². The van der Waals surface area contributed by atoms with E-state index in [4.69, 9.17) is 5.73 Å². The maximum Gasteiger partial charge on any atom is 0.0318 e. The molecule has 1 aliphatic heterocycles. The maximum absolute atomic E-state index is 6.54. The van der Waals surface area contributed by atoms with Crippen molar-refractivity contribution in [2.75, 3.05) is 11.5 Å². The fourth-order valence-corrected chi connectivity index (χ4v) is 5.99. The van der Waals surface area contributed by atoms with Gasteiger partial charge in [-0.05, 0) is 23.8 Å². The normalized spacial score (nSPS) is 37.2. The highest BCUT2D eigenvalue weighted by Crippen LogP contribution is 2.51. The average Bonchev–Trinajstić information content (AvgIpc) is 3.20. The SMILES string of the molecule is CC1SCCSC1C(N)C1CC1c1ccccc1. The lowest BCUT2D eigenvalue weighted by atomic mass is 10.0. The molecule has 1 saturated carbocycles. The largest absolute Gasteiger partial charge is 0.326 e. The molecule has 1 heterocycles. The molecule has 0 amide bonds. The van der Waals surface area contributed by atoms with Crippen LogP contribution in [0.1, 0.15) is 24.8 Å². The molecule has 5 unspecified atom stereocenters. The summed E-state index contributed by atoms with van der Waals surface area (Å²) in [6.07, 6.45) is 1.29. The van der Waals surface area contributed by atoms with Gasteiger partial charge in [-0.25, -0.2) is 0 Å². The molecule has 3 heteroatoms. The van der Waals surface area contributed by atoms with Gasteiger partial charge in [0.2, 0.25) is 0 Å². The van der Waals surface area contributed by atoms with Gasteiger partial charge in [0.05, 0.1) is 0 Å². The first-order valence-electron chi connectivity index (χ1n) is 6.81. The Morgan fingerprint density at radius 1 is 1.17 bits per heavy atom. The molecule has 1 aromatic rings. The quantitative estimate of drug-likeness (QED) is 0.919. The summed E-state index contributed by atoms with van der Waals surface area (Å²) in [5, 5.41) is 1.37. The van der Waals surface area contributed by atoms with Gasteiger partial charge in [-0.3, -0.25) is 0 Å². The zero-order valence-electron chi connectivity index (χ0n) is 10.8. The van der Waals surface area contributed by atoms with Crippen LogP contribution in [0.15, 0.2) is 30.3 Å². The molecule has 2 N–H and O–H groups in total. The fourth-order valence-electron chi connectivity index (χ4n) is 3.04. The van der Waals surface area contributed by atoms with Gasteiger partial charge in [-0.2, -0.15) is 23.5 Å². The van der Waals surface area contributed by atoms with E-state index in [1.54, 1.807) is 0 Å². The van der Waals surface area contributed by atoms with Crippen molar-refractivity contribution in [1.29, 1.82) is 0 Å². The first-order chi connectivity index (χ1) is 8.77. The third-order valence-electron chi connectivity index (χ3n) is 4.18. The number of benzene rings is 1. The second kappa shape index (κ2) is 5.48. The smallest absolute Gasteiger partial charge is 0.0318 e. The van der Waals surface area contributed by atoms with Crippen LogP contribution < -0.4 is 5.73 Å². The Morgan fingerprint density at radius 2 is 1.89 bits per heavy atom. The van der Waals surface area contributed by atoms with Crippen LogP contribution in [0.4, 0.5) is 0 Å². The standard InChI is InChI=1S/C15H21NS2/c1-10-15(18-8-7-17-10)14(16)13-9-12(13)11-5-3-2-4-6-11/h2-6,10,12-15H,7-9,16H2,1H3. The van der Waals surface area contributed by atoms with Crippen molar-refractivity contribution in [3.05, 3.63) is 35.9 Å². The first kappa shape index (κ1) is 12.9. The zero-order chi connectivity index (χ0) is 12.5. The van der Waals surface area contributed by atoms with E-state index in [0.29, 0.717) is 17.2 Å². The van der Waals surface area contributed by atoms with E-state index in [1.807, 2.05) is 0 Å². The third kappa shape index (κ3) is 2.59. The van der Waals surface area contributed by atoms with E-state index in [2.05, 4.69) is 60.8 Å². The molecule has 0 aromatic heterocycles. The summed E-state index contributed by atoms with van der Waals surface area (Å²) in [5.41, 5.74) is 8.02. The second-order valence-electron chi connectivity index (χ2n) is 5.41. The summed E-state index contributed by atoms with van der Waals surface area (Å²) < 4.78 is 0. The lowest BCUT2D eigenvalue weighted by Crippen LogP contribution is -2.42. The lowest BCUT2D eigenvalue weighted by Gasteiger charge is -2.32. The van der Waals surface area contributed by atoms with E-state index < -0.39 is 0 Å². The highest BCUT2D eigenvalue weighted by atomic mass is 32.2. The molecule has 1 nitrogen and oxygen atoms in total. The Morgan fingerprint density at radius 3 is 2.61 bits per heavy atom. The van der Waals surface area contributed by atoms with Crippen LogP contribution in [-0.2, 0) is 0 Å². The number of thioether (sulfide) groups is 2. The topological polar surface area (TPSA) is 26.0 Å². The maximum atomic E-state index is 6.54. The van der Waals surface area contributed by atoms with Gasteiger partial charge in [0.1, 0.15) is 0 Å². The van der Waals surface area contributed by atoms with Crippen molar-refractivity contribution < 1.29 is 0 Å². The molecule has 2 fully saturated rings. The Hall–Kier alpha value is -0.120. The van der Waals surface area contributed by atoms with Crippen molar-refractivity contribution >= 4 is 23.5 Å². The average molecular weight is 279 g/mol. The molecule has 0 spiro atoms. The van der Waals surface area contributed by atoms with Crippen LogP contribution in [0.25, 0.3) is 0 Å². The van der Waals surface area contributed by atoms with Crippen molar-refractivity contribution in [2.24, 2.45) is 11.7 Å². The van der Waals surface area contributed by atoms with Crippen LogP contribution in [0.5, 0.6) is 0 Å². The zero-order valence-corrected chi connectivity index (χ0v) is 12.4. The summed E-state index contributed by atoms with van der Waals surface area (Å²) in [7, 11) is 0. The van der Waals surface area contributed by atoms with Gasteiger partial charge in [0.15, 0.2) is 0 Å². The Kier molecular flexibility index (Phi) is 3.92. The Labute approximate surface area is 118 Å². The highest BCUT2D eigenvalue weighted by molar-refractivity contribution is 8.07. The molecule has 1 saturated heterocycles. The summed E-state index contributed by atoms with van der Waals surface area (Å²) in [6, 6.07) is 11.3. The molecule has 1 aliphatic carbocycles. The van der Waals surface area contributed by atoms with Gasteiger partial charge in [0.25, 0.3) is 0 Å². The van der Waals surface area contributed by atoms with Crippen LogP contribution in [-0.4, -0.2) is 28.0 Å². The lowest BCUT2D eigenvalue weighted by molar-refractivity contribution is 0.550. The molecule has 98 valence electrons. The highest BCUT2D eigenvalue weighted by Gasteiger charge is 2.46. The van der Waals surface area contributed by atoms with Gasteiger partial charge >= 0.3 is 0 Å². The van der Waals surface area contributed by atoms with E-state index in [1.165, 1.54) is 23.5 Å². The third-order valence-corrected chi connectivity index (χ3v) is 7.42. The Balaban J connectivity index is 1.63.